The lowest BCUT2D eigenvalue weighted by molar-refractivity contribution is -0.117. The Bertz CT molecular complexity index is 1240. The fourth-order valence-electron chi connectivity index (χ4n) is 3.35. The smallest absolute Gasteiger partial charge is 0.255 e. The normalized spacial score (nSPS) is 14.0. The van der Waals surface area contributed by atoms with E-state index in [1.807, 2.05) is 0 Å². The van der Waals surface area contributed by atoms with Crippen molar-refractivity contribution in [2.45, 2.75) is 24.3 Å². The molecular weight excluding hydrogens is 454 g/mol. The molecule has 0 atom stereocenters. The minimum absolute atomic E-state index is 0.0260. The minimum Gasteiger partial charge on any atom is -0.468 e. The first-order chi connectivity index (χ1) is 15.3. The molecule has 0 spiro atoms. The molecule has 2 amide bonds. The van der Waals surface area contributed by atoms with Crippen LogP contribution >= 0.6 is 11.6 Å². The lowest BCUT2D eigenvalue weighted by Gasteiger charge is -2.18. The molecule has 1 aliphatic rings. The molecule has 3 aromatic rings. The monoisotopic (exact) mass is 473 g/mol. The number of furan rings is 1. The highest BCUT2D eigenvalue weighted by atomic mass is 35.5. The van der Waals surface area contributed by atoms with E-state index in [4.69, 9.17) is 16.0 Å². The van der Waals surface area contributed by atoms with Gasteiger partial charge in [0, 0.05) is 24.2 Å². The molecule has 4 rings (SSSR count). The third kappa shape index (κ3) is 4.85. The zero-order valence-electron chi connectivity index (χ0n) is 16.9. The van der Waals surface area contributed by atoms with E-state index in [9.17, 15) is 18.0 Å². The number of amides is 2. The fraction of sp³-hybridized carbons (Fsp3) is 0.182. The average Bonchev–Trinajstić information content (AvgIpc) is 3.45. The lowest BCUT2D eigenvalue weighted by atomic mass is 10.1. The topological polar surface area (TPSA) is 109 Å². The van der Waals surface area contributed by atoms with Crippen LogP contribution in [-0.2, 0) is 21.4 Å². The summed E-state index contributed by atoms with van der Waals surface area (Å²) in [6.45, 7) is 0.597. The fourth-order valence-corrected chi connectivity index (χ4v) is 4.56. The predicted octanol–water partition coefficient (Wildman–Crippen LogP) is 3.79. The van der Waals surface area contributed by atoms with Crippen molar-refractivity contribution in [2.24, 2.45) is 0 Å². The van der Waals surface area contributed by atoms with E-state index in [0.717, 1.165) is 6.42 Å². The van der Waals surface area contributed by atoms with E-state index in [1.165, 1.54) is 30.5 Å². The molecule has 10 heteroatoms. The number of nitrogens with one attached hydrogen (secondary N) is 2. The molecule has 0 aliphatic carbocycles. The second-order valence-electron chi connectivity index (χ2n) is 7.20. The Labute approximate surface area is 190 Å². The van der Waals surface area contributed by atoms with Crippen LogP contribution in [0, 0.1) is 0 Å². The Hall–Kier alpha value is -3.14. The Morgan fingerprint density at radius 3 is 2.56 bits per heavy atom. The molecule has 8 nitrogen and oxygen atoms in total. The second kappa shape index (κ2) is 9.15. The molecule has 2 aromatic carbocycles. The number of carbonyl (C=O) groups is 2. The zero-order chi connectivity index (χ0) is 22.7. The van der Waals surface area contributed by atoms with Gasteiger partial charge >= 0.3 is 0 Å². The maximum atomic E-state index is 12.7. The second-order valence-corrected chi connectivity index (χ2v) is 9.37. The van der Waals surface area contributed by atoms with Crippen molar-refractivity contribution in [2.75, 3.05) is 16.8 Å². The summed E-state index contributed by atoms with van der Waals surface area (Å²) in [4.78, 5) is 26.4. The van der Waals surface area contributed by atoms with E-state index in [2.05, 4.69) is 10.0 Å². The summed E-state index contributed by atoms with van der Waals surface area (Å²) in [7, 11) is -3.73. The summed E-state index contributed by atoms with van der Waals surface area (Å²) >= 11 is 6.23. The number of hydrogen-bond donors (Lipinski definition) is 2. The first-order valence-corrected chi connectivity index (χ1v) is 11.7. The van der Waals surface area contributed by atoms with Crippen molar-refractivity contribution in [3.63, 3.8) is 0 Å². The first-order valence-electron chi connectivity index (χ1n) is 9.87. The molecule has 0 radical (unpaired) electrons. The number of nitrogens with zero attached hydrogens (tertiary/aromatic N) is 1. The molecule has 1 fully saturated rings. The van der Waals surface area contributed by atoms with Crippen LogP contribution in [-0.4, -0.2) is 26.8 Å². The minimum atomic E-state index is -3.73. The highest BCUT2D eigenvalue weighted by molar-refractivity contribution is 7.89. The van der Waals surface area contributed by atoms with Crippen LogP contribution in [0.3, 0.4) is 0 Å². The van der Waals surface area contributed by atoms with E-state index < -0.39 is 15.9 Å². The van der Waals surface area contributed by atoms with Gasteiger partial charge in [0.05, 0.1) is 28.4 Å². The van der Waals surface area contributed by atoms with Crippen molar-refractivity contribution in [1.82, 2.24) is 4.72 Å². The average molecular weight is 474 g/mol. The largest absolute Gasteiger partial charge is 0.468 e. The summed E-state index contributed by atoms with van der Waals surface area (Å²) in [6.07, 6.45) is 2.67. The van der Waals surface area contributed by atoms with Gasteiger partial charge in [0.15, 0.2) is 0 Å². The van der Waals surface area contributed by atoms with E-state index in [1.54, 1.807) is 35.2 Å². The van der Waals surface area contributed by atoms with Crippen molar-refractivity contribution in [3.05, 3.63) is 77.2 Å². The molecule has 166 valence electrons. The van der Waals surface area contributed by atoms with Crippen LogP contribution in [0.15, 0.2) is 70.2 Å². The van der Waals surface area contributed by atoms with Gasteiger partial charge in [-0.3, -0.25) is 9.59 Å². The number of carbonyl (C=O) groups excluding carboxylic acids is 2. The maximum absolute atomic E-state index is 12.7. The number of rotatable bonds is 7. The van der Waals surface area contributed by atoms with Gasteiger partial charge < -0.3 is 14.6 Å². The molecular formula is C22H20ClN3O5S. The van der Waals surface area contributed by atoms with Gasteiger partial charge in [-0.15, -0.1) is 0 Å². The quantitative estimate of drug-likeness (QED) is 0.542. The van der Waals surface area contributed by atoms with Gasteiger partial charge in [-0.05, 0) is 61.0 Å². The SMILES string of the molecule is O=C(Nc1ccc(S(=O)(=O)NCc2ccco2)cc1)c1ccc(Cl)c(N2CCCC2=O)c1. The summed E-state index contributed by atoms with van der Waals surface area (Å²) in [6, 6.07) is 13.9. The first kappa shape index (κ1) is 22.1. The van der Waals surface area contributed by atoms with Crippen LogP contribution < -0.4 is 14.9 Å². The van der Waals surface area contributed by atoms with Gasteiger partial charge in [0.1, 0.15) is 5.76 Å². The number of halogens is 1. The molecule has 2 heterocycles. The van der Waals surface area contributed by atoms with Gasteiger partial charge in [-0.1, -0.05) is 11.6 Å². The molecule has 0 unspecified atom stereocenters. The molecule has 1 saturated heterocycles. The number of benzene rings is 2. The maximum Gasteiger partial charge on any atom is 0.255 e. The predicted molar refractivity (Wildman–Crippen MR) is 120 cm³/mol. The number of hydrogen-bond acceptors (Lipinski definition) is 5. The highest BCUT2D eigenvalue weighted by Gasteiger charge is 2.24. The molecule has 2 N–H and O–H groups in total. The Kier molecular flexibility index (Phi) is 6.31. The lowest BCUT2D eigenvalue weighted by Crippen LogP contribution is -2.24. The van der Waals surface area contributed by atoms with E-state index >= 15 is 0 Å². The van der Waals surface area contributed by atoms with Gasteiger partial charge in [0.2, 0.25) is 15.9 Å². The van der Waals surface area contributed by atoms with Crippen LogP contribution in [0.1, 0.15) is 29.0 Å². The molecule has 0 saturated carbocycles. The van der Waals surface area contributed by atoms with Gasteiger partial charge in [-0.25, -0.2) is 13.1 Å². The standard InChI is InChI=1S/C22H20ClN3O5S/c23-19-10-5-15(13-20(19)26-11-1-4-21(26)27)22(28)25-16-6-8-18(9-7-16)32(29,30)24-14-17-3-2-12-31-17/h2-3,5-10,12-13,24H,1,4,11,14H2,(H,25,28). The van der Waals surface area contributed by atoms with Crippen LogP contribution in [0.25, 0.3) is 0 Å². The van der Waals surface area contributed by atoms with Crippen LogP contribution in [0.4, 0.5) is 11.4 Å². The highest BCUT2D eigenvalue weighted by Crippen LogP contribution is 2.30. The van der Waals surface area contributed by atoms with Crippen molar-refractivity contribution in [1.29, 1.82) is 0 Å². The van der Waals surface area contributed by atoms with Gasteiger partial charge in [0.25, 0.3) is 5.91 Å². The van der Waals surface area contributed by atoms with E-state index in [-0.39, 0.29) is 17.3 Å². The van der Waals surface area contributed by atoms with E-state index in [0.29, 0.717) is 40.7 Å². The summed E-state index contributed by atoms with van der Waals surface area (Å²) < 4.78 is 32.4. The van der Waals surface area contributed by atoms with Crippen LogP contribution in [0.2, 0.25) is 5.02 Å². The molecule has 0 bridgehead atoms. The van der Waals surface area contributed by atoms with Crippen LogP contribution in [0.5, 0.6) is 0 Å². The summed E-state index contributed by atoms with van der Waals surface area (Å²) in [5.41, 5.74) is 1.26. The molecule has 1 aromatic heterocycles. The zero-order valence-corrected chi connectivity index (χ0v) is 18.4. The summed E-state index contributed by atoms with van der Waals surface area (Å²) in [5.74, 6) is 0.0680. The van der Waals surface area contributed by atoms with Gasteiger partial charge in [-0.2, -0.15) is 0 Å². The van der Waals surface area contributed by atoms with Crippen molar-refractivity contribution in [3.8, 4) is 0 Å². The molecule has 1 aliphatic heterocycles. The third-order valence-corrected chi connectivity index (χ3v) is 6.75. The Morgan fingerprint density at radius 2 is 1.91 bits per heavy atom. The number of sulfonamides is 1. The molecule has 32 heavy (non-hydrogen) atoms. The Balaban J connectivity index is 1.44. The van der Waals surface area contributed by atoms with Crippen molar-refractivity contribution < 1.29 is 22.4 Å². The number of anilines is 2. The third-order valence-electron chi connectivity index (χ3n) is 5.01. The summed E-state index contributed by atoms with van der Waals surface area (Å²) in [5, 5.41) is 3.12. The Morgan fingerprint density at radius 1 is 1.12 bits per heavy atom. The van der Waals surface area contributed by atoms with Crippen molar-refractivity contribution >= 4 is 44.8 Å².